The summed E-state index contributed by atoms with van der Waals surface area (Å²) in [6.07, 6.45) is 1.31. The summed E-state index contributed by atoms with van der Waals surface area (Å²) in [5, 5.41) is 2.35. The zero-order chi connectivity index (χ0) is 22.8. The van der Waals surface area contributed by atoms with Crippen LogP contribution in [0.4, 0.5) is 10.1 Å². The fourth-order valence-electron chi connectivity index (χ4n) is 3.10. The molecule has 1 aromatic heterocycles. The Kier molecular flexibility index (Phi) is 5.65. The number of hydrogen-bond acceptors (Lipinski definition) is 6. The van der Waals surface area contributed by atoms with E-state index in [2.05, 4.69) is 10.1 Å². The lowest BCUT2D eigenvalue weighted by atomic mass is 10.1. The molecule has 0 spiro atoms. The average molecular weight is 450 g/mol. The molecule has 0 aliphatic carbocycles. The van der Waals surface area contributed by atoms with E-state index in [0.29, 0.717) is 22.6 Å². The van der Waals surface area contributed by atoms with E-state index in [1.165, 1.54) is 37.5 Å². The average Bonchev–Trinajstić information content (AvgIpc) is 3.26. The minimum Gasteiger partial charge on any atom is -0.465 e. The summed E-state index contributed by atoms with van der Waals surface area (Å²) in [6, 6.07) is 15.0. The molecule has 0 bridgehead atoms. The van der Waals surface area contributed by atoms with Crippen molar-refractivity contribution < 1.29 is 27.9 Å². The normalized spacial score (nSPS) is 15.1. The van der Waals surface area contributed by atoms with Crippen LogP contribution in [0.5, 0.6) is 0 Å². The number of rotatable bonds is 4. The molecule has 1 aliphatic heterocycles. The molecular formula is C23H15FN2O5S. The molecular weight excluding hydrogens is 435 g/mol. The number of benzene rings is 2. The van der Waals surface area contributed by atoms with Gasteiger partial charge in [0.05, 0.1) is 18.4 Å². The fourth-order valence-corrected chi connectivity index (χ4v) is 3.38. The number of esters is 1. The molecule has 160 valence electrons. The topological polar surface area (TPSA) is 88.9 Å². The van der Waals surface area contributed by atoms with E-state index in [9.17, 15) is 18.8 Å². The van der Waals surface area contributed by atoms with Crippen LogP contribution in [-0.4, -0.2) is 30.0 Å². The Bertz CT molecular complexity index is 1260. The largest absolute Gasteiger partial charge is 0.465 e. The minimum absolute atomic E-state index is 0.102. The van der Waals surface area contributed by atoms with Gasteiger partial charge in [0, 0.05) is 5.56 Å². The number of halogens is 1. The van der Waals surface area contributed by atoms with Crippen molar-refractivity contribution >= 4 is 46.9 Å². The molecule has 3 aromatic rings. The van der Waals surface area contributed by atoms with Crippen molar-refractivity contribution in [2.45, 2.75) is 0 Å². The number of ether oxygens (including phenoxy) is 1. The van der Waals surface area contributed by atoms with Crippen molar-refractivity contribution in [3.63, 3.8) is 0 Å². The van der Waals surface area contributed by atoms with Crippen molar-refractivity contribution in [1.82, 2.24) is 5.32 Å². The van der Waals surface area contributed by atoms with Gasteiger partial charge >= 0.3 is 5.97 Å². The van der Waals surface area contributed by atoms with Crippen LogP contribution in [0, 0.1) is 5.82 Å². The number of thiocarbonyl (C=S) groups is 1. The highest BCUT2D eigenvalue weighted by Gasteiger charge is 2.34. The third kappa shape index (κ3) is 4.06. The SMILES string of the molecule is COC(=O)c1ccc(-c2ccc(C=C3C(=O)NC(=S)N(c4ccc(F)cc4)C3=O)o2)cc1. The molecule has 0 saturated carbocycles. The fraction of sp³-hybridized carbons (Fsp3) is 0.0435. The quantitative estimate of drug-likeness (QED) is 0.282. The van der Waals surface area contributed by atoms with Gasteiger partial charge in [0.2, 0.25) is 0 Å². The van der Waals surface area contributed by atoms with Gasteiger partial charge in [0.25, 0.3) is 11.8 Å². The zero-order valence-corrected chi connectivity index (χ0v) is 17.4. The van der Waals surface area contributed by atoms with Crippen LogP contribution in [0.15, 0.2) is 70.7 Å². The maximum atomic E-state index is 13.2. The summed E-state index contributed by atoms with van der Waals surface area (Å²) in [6.45, 7) is 0. The maximum Gasteiger partial charge on any atom is 0.337 e. The first kappa shape index (κ1) is 21.1. The minimum atomic E-state index is -0.668. The molecule has 0 radical (unpaired) electrons. The van der Waals surface area contributed by atoms with E-state index in [4.69, 9.17) is 16.6 Å². The van der Waals surface area contributed by atoms with E-state index in [0.717, 1.165) is 4.90 Å². The molecule has 1 aliphatic rings. The van der Waals surface area contributed by atoms with E-state index >= 15 is 0 Å². The van der Waals surface area contributed by atoms with Crippen LogP contribution in [0.3, 0.4) is 0 Å². The molecule has 4 rings (SSSR count). The van der Waals surface area contributed by atoms with Crippen LogP contribution in [0.1, 0.15) is 16.1 Å². The number of anilines is 1. The summed E-state index contributed by atoms with van der Waals surface area (Å²) in [5.41, 5.74) is 1.21. The first-order valence-electron chi connectivity index (χ1n) is 9.33. The van der Waals surface area contributed by atoms with E-state index < -0.39 is 23.6 Å². The van der Waals surface area contributed by atoms with E-state index in [1.807, 2.05) is 0 Å². The molecule has 2 heterocycles. The van der Waals surface area contributed by atoms with Crippen molar-refractivity contribution in [2.24, 2.45) is 0 Å². The van der Waals surface area contributed by atoms with Crippen LogP contribution in [0.2, 0.25) is 0 Å². The molecule has 1 fully saturated rings. The molecule has 2 amide bonds. The molecule has 1 saturated heterocycles. The second-order valence-electron chi connectivity index (χ2n) is 6.71. The van der Waals surface area contributed by atoms with Gasteiger partial charge in [-0.05, 0) is 66.8 Å². The first-order chi connectivity index (χ1) is 15.4. The van der Waals surface area contributed by atoms with Crippen LogP contribution in [-0.2, 0) is 14.3 Å². The van der Waals surface area contributed by atoms with Gasteiger partial charge in [0.15, 0.2) is 5.11 Å². The maximum absolute atomic E-state index is 13.2. The number of nitrogens with zero attached hydrogens (tertiary/aromatic N) is 1. The summed E-state index contributed by atoms with van der Waals surface area (Å²) < 4.78 is 23.7. The van der Waals surface area contributed by atoms with Crippen molar-refractivity contribution in [3.05, 3.63) is 83.4 Å². The van der Waals surface area contributed by atoms with Gasteiger partial charge in [-0.25, -0.2) is 9.18 Å². The highest BCUT2D eigenvalue weighted by Crippen LogP contribution is 2.26. The molecule has 32 heavy (non-hydrogen) atoms. The number of furan rings is 1. The number of methoxy groups -OCH3 is 1. The summed E-state index contributed by atoms with van der Waals surface area (Å²) >= 11 is 5.12. The zero-order valence-electron chi connectivity index (χ0n) is 16.6. The smallest absolute Gasteiger partial charge is 0.337 e. The summed E-state index contributed by atoms with van der Waals surface area (Å²) in [5.74, 6) is -1.51. The highest BCUT2D eigenvalue weighted by atomic mass is 32.1. The van der Waals surface area contributed by atoms with E-state index in [1.54, 1.807) is 36.4 Å². The Morgan fingerprint density at radius 2 is 1.75 bits per heavy atom. The van der Waals surface area contributed by atoms with Gasteiger partial charge in [0.1, 0.15) is 22.9 Å². The number of carbonyl (C=O) groups is 3. The lowest BCUT2D eigenvalue weighted by Gasteiger charge is -2.28. The second kappa shape index (κ2) is 8.56. The number of hydrogen-bond donors (Lipinski definition) is 1. The van der Waals surface area contributed by atoms with Crippen molar-refractivity contribution in [2.75, 3.05) is 12.0 Å². The molecule has 9 heteroatoms. The van der Waals surface area contributed by atoms with Crippen LogP contribution < -0.4 is 10.2 Å². The lowest BCUT2D eigenvalue weighted by molar-refractivity contribution is -0.122. The van der Waals surface area contributed by atoms with Crippen LogP contribution in [0.25, 0.3) is 17.4 Å². The third-order valence-electron chi connectivity index (χ3n) is 4.69. The first-order valence-corrected chi connectivity index (χ1v) is 9.74. The summed E-state index contributed by atoms with van der Waals surface area (Å²) in [4.78, 5) is 38.0. The van der Waals surface area contributed by atoms with Gasteiger partial charge in [-0.15, -0.1) is 0 Å². The molecule has 2 aromatic carbocycles. The van der Waals surface area contributed by atoms with Gasteiger partial charge in [-0.1, -0.05) is 12.1 Å². The second-order valence-corrected chi connectivity index (χ2v) is 7.09. The summed E-state index contributed by atoms with van der Waals surface area (Å²) in [7, 11) is 1.30. The molecule has 7 nitrogen and oxygen atoms in total. The Labute approximate surface area is 187 Å². The Morgan fingerprint density at radius 3 is 2.41 bits per heavy atom. The monoisotopic (exact) mass is 450 g/mol. The number of nitrogens with one attached hydrogen (secondary N) is 1. The van der Waals surface area contributed by atoms with Gasteiger partial charge < -0.3 is 9.15 Å². The lowest BCUT2D eigenvalue weighted by Crippen LogP contribution is -2.54. The van der Waals surface area contributed by atoms with E-state index in [-0.39, 0.29) is 16.4 Å². The number of amides is 2. The Morgan fingerprint density at radius 1 is 1.06 bits per heavy atom. The van der Waals surface area contributed by atoms with Crippen molar-refractivity contribution in [1.29, 1.82) is 0 Å². The third-order valence-corrected chi connectivity index (χ3v) is 4.98. The molecule has 1 N–H and O–H groups in total. The predicted octanol–water partition coefficient (Wildman–Crippen LogP) is 3.70. The standard InChI is InChI=1S/C23H15FN2O5S/c1-30-22(29)14-4-2-13(3-5-14)19-11-10-17(31-19)12-18-20(27)25-23(32)26(21(18)28)16-8-6-15(24)7-9-16/h2-12H,1H3,(H,25,27,32). The highest BCUT2D eigenvalue weighted by molar-refractivity contribution is 7.80. The predicted molar refractivity (Wildman–Crippen MR) is 118 cm³/mol. The van der Waals surface area contributed by atoms with Gasteiger partial charge in [-0.2, -0.15) is 0 Å². The molecule has 0 unspecified atom stereocenters. The number of carbonyl (C=O) groups excluding carboxylic acids is 3. The van der Waals surface area contributed by atoms with Crippen LogP contribution >= 0.6 is 12.2 Å². The molecule has 0 atom stereocenters. The van der Waals surface area contributed by atoms with Crippen molar-refractivity contribution in [3.8, 4) is 11.3 Å². The van der Waals surface area contributed by atoms with Gasteiger partial charge in [-0.3, -0.25) is 19.8 Å². The Balaban J connectivity index is 1.61. The Hall–Kier alpha value is -4.11.